The molecule has 0 atom stereocenters. The predicted molar refractivity (Wildman–Crippen MR) is 228 cm³/mol. The van der Waals surface area contributed by atoms with Crippen molar-refractivity contribution in [2.75, 3.05) is 0 Å². The molecule has 3 aromatic heterocycles. The van der Waals surface area contributed by atoms with Crippen LogP contribution in [0, 0.1) is 0 Å². The van der Waals surface area contributed by atoms with Gasteiger partial charge in [0.25, 0.3) is 0 Å². The van der Waals surface area contributed by atoms with Crippen molar-refractivity contribution in [3.8, 4) is 44.7 Å². The highest BCUT2D eigenvalue weighted by atomic mass is 16.3. The van der Waals surface area contributed by atoms with Gasteiger partial charge in [-0.2, -0.15) is 0 Å². The first kappa shape index (κ1) is 30.1. The number of rotatable bonds is 4. The number of hydrogen-bond donors (Lipinski definition) is 0. The van der Waals surface area contributed by atoms with Gasteiger partial charge in [-0.25, -0.2) is 0 Å². The van der Waals surface area contributed by atoms with E-state index in [1.54, 1.807) is 0 Å². The summed E-state index contributed by atoms with van der Waals surface area (Å²) in [7, 11) is 0. The summed E-state index contributed by atoms with van der Waals surface area (Å²) in [6.07, 6.45) is 0. The lowest BCUT2D eigenvalue weighted by Gasteiger charge is -2.17. The summed E-state index contributed by atoms with van der Waals surface area (Å²) in [5.41, 5.74) is 12.1. The molecule has 0 N–H and O–H groups in total. The largest absolute Gasteiger partial charge is 0.456 e. The molecule has 0 spiro atoms. The monoisotopic (exact) mass is 702 g/mol. The van der Waals surface area contributed by atoms with E-state index in [1.807, 2.05) is 24.3 Å². The first-order valence-electron chi connectivity index (χ1n) is 18.7. The van der Waals surface area contributed by atoms with Crippen LogP contribution in [0.5, 0.6) is 0 Å². The van der Waals surface area contributed by atoms with Crippen molar-refractivity contribution in [3.05, 3.63) is 182 Å². The van der Waals surface area contributed by atoms with E-state index in [0.29, 0.717) is 0 Å². The first-order valence-corrected chi connectivity index (χ1v) is 18.7. The van der Waals surface area contributed by atoms with Crippen molar-refractivity contribution >= 4 is 76.4 Å². The number of fused-ring (bicyclic) bond motifs is 10. The number of benzene rings is 9. The van der Waals surface area contributed by atoms with Gasteiger partial charge in [0.1, 0.15) is 33.7 Å². The molecule has 0 saturated carbocycles. The molecule has 0 fully saturated rings. The molecule has 0 saturated heterocycles. The van der Waals surface area contributed by atoms with E-state index in [-0.39, 0.29) is 0 Å². The lowest BCUT2D eigenvalue weighted by Crippen LogP contribution is -1.90. The zero-order chi connectivity index (χ0) is 36.0. The predicted octanol–water partition coefficient (Wildman–Crippen LogP) is 15.2. The standard InChI is InChI=1S/C52H30O3/c1-3-13-31(14-4-1)49-50-45(55-51(49)32-15-5-2-6-16-32)28-26-41-42-29-33(24-27-44(42)54-52(41)50)47-37-18-7-9-20-39(37)48(40-21-10-8-19-38(40)47)34-23-25-36-35-17-11-12-22-43(35)53-46(36)30-34/h1-30H. The number of hydrogen-bond acceptors (Lipinski definition) is 3. The molecule has 3 heteroatoms. The van der Waals surface area contributed by atoms with E-state index in [4.69, 9.17) is 13.3 Å². The minimum absolute atomic E-state index is 0.804. The van der Waals surface area contributed by atoms with Gasteiger partial charge in [0.2, 0.25) is 0 Å². The Bertz CT molecular complexity index is 3420. The van der Waals surface area contributed by atoms with Crippen molar-refractivity contribution in [2.24, 2.45) is 0 Å². The summed E-state index contributed by atoms with van der Waals surface area (Å²) in [5.74, 6) is 0.841. The molecule has 3 nitrogen and oxygen atoms in total. The Kier molecular flexibility index (Phi) is 6.34. The Labute approximate surface area is 315 Å². The highest BCUT2D eigenvalue weighted by Crippen LogP contribution is 2.48. The maximum absolute atomic E-state index is 6.81. The lowest BCUT2D eigenvalue weighted by atomic mass is 9.85. The van der Waals surface area contributed by atoms with Crippen molar-refractivity contribution in [1.82, 2.24) is 0 Å². The second kappa shape index (κ2) is 11.6. The van der Waals surface area contributed by atoms with Crippen LogP contribution in [0.1, 0.15) is 0 Å². The quantitative estimate of drug-likeness (QED) is 0.171. The van der Waals surface area contributed by atoms with Crippen molar-refractivity contribution < 1.29 is 13.3 Å². The van der Waals surface area contributed by atoms with Gasteiger partial charge < -0.3 is 13.3 Å². The van der Waals surface area contributed by atoms with Crippen LogP contribution >= 0.6 is 0 Å². The third kappa shape index (κ3) is 4.44. The normalized spacial score (nSPS) is 12.0. The molecule has 0 bridgehead atoms. The van der Waals surface area contributed by atoms with Gasteiger partial charge in [0.05, 0.1) is 5.39 Å². The van der Waals surface area contributed by atoms with Gasteiger partial charge in [-0.05, 0) is 91.8 Å². The van der Waals surface area contributed by atoms with Gasteiger partial charge in [0.15, 0.2) is 0 Å². The van der Waals surface area contributed by atoms with E-state index in [2.05, 4.69) is 158 Å². The third-order valence-corrected chi connectivity index (χ3v) is 11.3. The average Bonchev–Trinajstić information content (AvgIpc) is 3.94. The summed E-state index contributed by atoms with van der Waals surface area (Å²) in [4.78, 5) is 0. The van der Waals surface area contributed by atoms with Crippen molar-refractivity contribution in [3.63, 3.8) is 0 Å². The first-order chi connectivity index (χ1) is 27.3. The maximum atomic E-state index is 6.81. The summed E-state index contributed by atoms with van der Waals surface area (Å²) in [5, 5.41) is 10.2. The fraction of sp³-hybridized carbons (Fsp3) is 0. The molecule has 55 heavy (non-hydrogen) atoms. The zero-order valence-electron chi connectivity index (χ0n) is 29.5. The molecule has 0 amide bonds. The molecule has 0 aliphatic carbocycles. The molecule has 0 radical (unpaired) electrons. The molecular weight excluding hydrogens is 673 g/mol. The number of furan rings is 3. The van der Waals surface area contributed by atoms with E-state index >= 15 is 0 Å². The van der Waals surface area contributed by atoms with Crippen LogP contribution in [0.15, 0.2) is 195 Å². The second-order valence-electron chi connectivity index (χ2n) is 14.3. The molecule has 0 unspecified atom stereocenters. The minimum atomic E-state index is 0.804. The van der Waals surface area contributed by atoms with Crippen LogP contribution in [-0.2, 0) is 0 Å². The summed E-state index contributed by atoms with van der Waals surface area (Å²) in [6.45, 7) is 0. The lowest BCUT2D eigenvalue weighted by molar-refractivity contribution is 0.631. The Hall–Kier alpha value is -7.36. The topological polar surface area (TPSA) is 39.4 Å². The van der Waals surface area contributed by atoms with Gasteiger partial charge in [-0.3, -0.25) is 0 Å². The number of para-hydroxylation sites is 1. The summed E-state index contributed by atoms with van der Waals surface area (Å²) >= 11 is 0. The van der Waals surface area contributed by atoms with Crippen LogP contribution in [0.3, 0.4) is 0 Å². The molecule has 9 aromatic carbocycles. The molecular formula is C52H30O3. The molecule has 12 rings (SSSR count). The molecule has 0 aliphatic heterocycles. The highest BCUT2D eigenvalue weighted by Gasteiger charge is 2.24. The maximum Gasteiger partial charge on any atom is 0.147 e. The Morgan fingerprint density at radius 1 is 0.255 bits per heavy atom. The van der Waals surface area contributed by atoms with E-state index in [0.717, 1.165) is 88.4 Å². The van der Waals surface area contributed by atoms with Crippen molar-refractivity contribution in [2.45, 2.75) is 0 Å². The van der Waals surface area contributed by atoms with Crippen LogP contribution in [0.2, 0.25) is 0 Å². The Morgan fingerprint density at radius 2 is 0.764 bits per heavy atom. The molecule has 0 aliphatic rings. The van der Waals surface area contributed by atoms with Crippen molar-refractivity contribution in [1.29, 1.82) is 0 Å². The second-order valence-corrected chi connectivity index (χ2v) is 14.3. The van der Waals surface area contributed by atoms with E-state index < -0.39 is 0 Å². The highest BCUT2D eigenvalue weighted by molar-refractivity contribution is 6.24. The fourth-order valence-electron chi connectivity index (χ4n) is 8.88. The Balaban J connectivity index is 1.10. The summed E-state index contributed by atoms with van der Waals surface area (Å²) < 4.78 is 19.8. The third-order valence-electron chi connectivity index (χ3n) is 11.3. The fourth-order valence-corrected chi connectivity index (χ4v) is 8.88. The van der Waals surface area contributed by atoms with Gasteiger partial charge in [-0.15, -0.1) is 0 Å². The van der Waals surface area contributed by atoms with E-state index in [9.17, 15) is 0 Å². The SMILES string of the molecule is c1ccc(-c2oc3ccc4c5cc(-c6c7ccccc7c(-c7ccc8c(c7)oc7ccccc78)c7ccccc67)ccc5oc4c3c2-c2ccccc2)cc1. The minimum Gasteiger partial charge on any atom is -0.456 e. The van der Waals surface area contributed by atoms with Crippen LogP contribution in [0.4, 0.5) is 0 Å². The zero-order valence-corrected chi connectivity index (χ0v) is 29.5. The smallest absolute Gasteiger partial charge is 0.147 e. The molecule has 256 valence electrons. The summed E-state index contributed by atoms with van der Waals surface area (Å²) in [6, 6.07) is 64.2. The molecule has 3 heterocycles. The van der Waals surface area contributed by atoms with Gasteiger partial charge >= 0.3 is 0 Å². The van der Waals surface area contributed by atoms with Crippen LogP contribution in [-0.4, -0.2) is 0 Å². The van der Waals surface area contributed by atoms with Gasteiger partial charge in [-0.1, -0.05) is 140 Å². The van der Waals surface area contributed by atoms with Gasteiger partial charge in [0, 0.05) is 32.7 Å². The van der Waals surface area contributed by atoms with E-state index in [1.165, 1.54) is 32.7 Å². The van der Waals surface area contributed by atoms with Crippen LogP contribution < -0.4 is 0 Å². The Morgan fingerprint density at radius 3 is 1.45 bits per heavy atom. The van der Waals surface area contributed by atoms with Crippen LogP contribution in [0.25, 0.3) is 121 Å². The average molecular weight is 703 g/mol. The molecule has 12 aromatic rings.